The first-order valence-corrected chi connectivity index (χ1v) is 6.16. The van der Waals surface area contributed by atoms with Gasteiger partial charge < -0.3 is 5.73 Å². The fourth-order valence-electron chi connectivity index (χ4n) is 2.06. The number of aryl methyl sites for hydroxylation is 3. The van der Waals surface area contributed by atoms with Gasteiger partial charge in [-0.1, -0.05) is 12.1 Å². The molecule has 4 nitrogen and oxygen atoms in total. The quantitative estimate of drug-likeness (QED) is 0.837. The van der Waals surface area contributed by atoms with Crippen molar-refractivity contribution in [2.24, 2.45) is 4.99 Å². The number of nitrogens with two attached hydrogens (primary N) is 1. The first-order valence-electron chi connectivity index (χ1n) is 6.16. The van der Waals surface area contributed by atoms with Crippen LogP contribution < -0.4 is 5.73 Å². The van der Waals surface area contributed by atoms with E-state index in [1.54, 1.807) is 7.05 Å². The largest absolute Gasteiger partial charge is 0.383 e. The van der Waals surface area contributed by atoms with Crippen LogP contribution in [0.4, 0.5) is 5.82 Å². The summed E-state index contributed by atoms with van der Waals surface area (Å²) < 4.78 is 0. The summed E-state index contributed by atoms with van der Waals surface area (Å²) in [5.41, 5.74) is 12.0. The van der Waals surface area contributed by atoms with Gasteiger partial charge in [0.15, 0.2) is 0 Å². The average Bonchev–Trinajstić information content (AvgIpc) is 2.37. The highest BCUT2D eigenvalue weighted by molar-refractivity contribution is 6.15. The van der Waals surface area contributed by atoms with Gasteiger partial charge in [0.25, 0.3) is 0 Å². The second kappa shape index (κ2) is 5.18. The highest BCUT2D eigenvalue weighted by Gasteiger charge is 2.14. The van der Waals surface area contributed by atoms with Crippen LogP contribution in [0, 0.1) is 20.8 Å². The summed E-state index contributed by atoms with van der Waals surface area (Å²) in [5.74, 6) is 0.464. The molecule has 0 saturated heterocycles. The first kappa shape index (κ1) is 13.2. The van der Waals surface area contributed by atoms with Crippen LogP contribution in [-0.4, -0.2) is 22.7 Å². The van der Waals surface area contributed by atoms with E-state index in [4.69, 9.17) is 5.73 Å². The van der Waals surface area contributed by atoms with Crippen molar-refractivity contribution < 1.29 is 0 Å². The maximum absolute atomic E-state index is 5.97. The van der Waals surface area contributed by atoms with E-state index in [0.717, 1.165) is 22.5 Å². The van der Waals surface area contributed by atoms with Crippen LogP contribution in [0.3, 0.4) is 0 Å². The molecule has 1 aromatic heterocycles. The van der Waals surface area contributed by atoms with Crippen LogP contribution in [0.15, 0.2) is 29.5 Å². The molecule has 0 aliphatic rings. The van der Waals surface area contributed by atoms with Crippen molar-refractivity contribution in [2.45, 2.75) is 20.8 Å². The van der Waals surface area contributed by atoms with E-state index in [-0.39, 0.29) is 0 Å². The monoisotopic (exact) mass is 254 g/mol. The molecule has 19 heavy (non-hydrogen) atoms. The molecule has 2 aromatic rings. The van der Waals surface area contributed by atoms with Crippen molar-refractivity contribution in [2.75, 3.05) is 12.8 Å². The summed E-state index contributed by atoms with van der Waals surface area (Å²) in [6.45, 7) is 6.09. The highest BCUT2D eigenvalue weighted by atomic mass is 14.9. The molecule has 0 saturated carbocycles. The second-order valence-electron chi connectivity index (χ2n) is 4.59. The van der Waals surface area contributed by atoms with E-state index in [9.17, 15) is 0 Å². The number of hydrogen-bond acceptors (Lipinski definition) is 4. The number of benzene rings is 1. The maximum Gasteiger partial charge on any atom is 0.136 e. The summed E-state index contributed by atoms with van der Waals surface area (Å²) in [5, 5.41) is 0. The second-order valence-corrected chi connectivity index (χ2v) is 4.59. The van der Waals surface area contributed by atoms with Gasteiger partial charge in [-0.25, -0.2) is 9.97 Å². The molecule has 0 aliphatic carbocycles. The Hall–Kier alpha value is -2.23. The third kappa shape index (κ3) is 2.47. The standard InChI is InChI=1S/C15H18N4/c1-9-5-6-12(7-10(9)2)14(17-4)13-11(3)18-8-19-15(13)16/h5-8H,1-4H3,(H2,16,18,19). The zero-order chi connectivity index (χ0) is 14.0. The van der Waals surface area contributed by atoms with Crippen LogP contribution >= 0.6 is 0 Å². The number of nitrogen functional groups attached to an aromatic ring is 1. The van der Waals surface area contributed by atoms with Gasteiger partial charge in [0.2, 0.25) is 0 Å². The van der Waals surface area contributed by atoms with Gasteiger partial charge in [-0.05, 0) is 38.0 Å². The molecule has 0 bridgehead atoms. The maximum atomic E-state index is 5.97. The van der Waals surface area contributed by atoms with E-state index in [0.29, 0.717) is 5.82 Å². The Balaban J connectivity index is 2.61. The van der Waals surface area contributed by atoms with Crippen molar-refractivity contribution in [1.82, 2.24) is 9.97 Å². The number of aliphatic imine (C=N–C) groups is 1. The molecule has 0 unspecified atom stereocenters. The Labute approximate surface area is 113 Å². The fourth-order valence-corrected chi connectivity index (χ4v) is 2.06. The van der Waals surface area contributed by atoms with E-state index >= 15 is 0 Å². The summed E-state index contributed by atoms with van der Waals surface area (Å²) in [7, 11) is 1.76. The van der Waals surface area contributed by atoms with E-state index in [1.165, 1.54) is 17.5 Å². The van der Waals surface area contributed by atoms with Crippen LogP contribution in [0.2, 0.25) is 0 Å². The molecule has 0 atom stereocenters. The number of nitrogens with zero attached hydrogens (tertiary/aromatic N) is 3. The molecule has 0 radical (unpaired) electrons. The van der Waals surface area contributed by atoms with Gasteiger partial charge in [-0.15, -0.1) is 0 Å². The lowest BCUT2D eigenvalue weighted by molar-refractivity contribution is 1.10. The predicted molar refractivity (Wildman–Crippen MR) is 78.7 cm³/mol. The summed E-state index contributed by atoms with van der Waals surface area (Å²) in [4.78, 5) is 12.6. The predicted octanol–water partition coefficient (Wildman–Crippen LogP) is 2.45. The zero-order valence-corrected chi connectivity index (χ0v) is 11.7. The van der Waals surface area contributed by atoms with Crippen molar-refractivity contribution in [3.63, 3.8) is 0 Å². The van der Waals surface area contributed by atoms with E-state index in [1.807, 2.05) is 6.92 Å². The lowest BCUT2D eigenvalue weighted by Crippen LogP contribution is -2.12. The number of rotatable bonds is 2. The molecule has 4 heteroatoms. The Bertz CT molecular complexity index is 624. The first-order chi connectivity index (χ1) is 9.04. The molecule has 0 spiro atoms. The Kier molecular flexibility index (Phi) is 3.60. The molecule has 0 amide bonds. The van der Waals surface area contributed by atoms with Gasteiger partial charge in [-0.2, -0.15) is 0 Å². The van der Waals surface area contributed by atoms with Gasteiger partial charge in [0.05, 0.1) is 17.0 Å². The SMILES string of the molecule is CN=C(c1ccc(C)c(C)c1)c1c(C)ncnc1N. The highest BCUT2D eigenvalue weighted by Crippen LogP contribution is 2.19. The number of hydrogen-bond donors (Lipinski definition) is 1. The van der Waals surface area contributed by atoms with Crippen molar-refractivity contribution in [1.29, 1.82) is 0 Å². The van der Waals surface area contributed by atoms with Gasteiger partial charge in [-0.3, -0.25) is 4.99 Å². The van der Waals surface area contributed by atoms with Crippen molar-refractivity contribution >= 4 is 11.5 Å². The Morgan fingerprint density at radius 2 is 1.84 bits per heavy atom. The molecular weight excluding hydrogens is 236 g/mol. The summed E-state index contributed by atoms with van der Waals surface area (Å²) >= 11 is 0. The normalized spacial score (nSPS) is 11.7. The molecule has 0 fully saturated rings. The minimum atomic E-state index is 0.464. The molecule has 1 aromatic carbocycles. The van der Waals surface area contributed by atoms with Crippen molar-refractivity contribution in [3.8, 4) is 0 Å². The smallest absolute Gasteiger partial charge is 0.136 e. The number of anilines is 1. The minimum Gasteiger partial charge on any atom is -0.383 e. The van der Waals surface area contributed by atoms with Crippen LogP contribution in [0.25, 0.3) is 0 Å². The van der Waals surface area contributed by atoms with Crippen LogP contribution in [0.5, 0.6) is 0 Å². The molecule has 98 valence electrons. The molecule has 1 heterocycles. The Morgan fingerprint density at radius 3 is 2.42 bits per heavy atom. The third-order valence-corrected chi connectivity index (χ3v) is 3.31. The molecular formula is C15H18N4. The number of aromatic nitrogens is 2. The van der Waals surface area contributed by atoms with Gasteiger partial charge >= 0.3 is 0 Å². The van der Waals surface area contributed by atoms with E-state index in [2.05, 4.69) is 47.0 Å². The lowest BCUT2D eigenvalue weighted by atomic mass is 9.98. The van der Waals surface area contributed by atoms with Crippen molar-refractivity contribution in [3.05, 3.63) is 52.5 Å². The van der Waals surface area contributed by atoms with Crippen LogP contribution in [-0.2, 0) is 0 Å². The lowest BCUT2D eigenvalue weighted by Gasteiger charge is -2.12. The molecule has 2 N–H and O–H groups in total. The topological polar surface area (TPSA) is 64.2 Å². The summed E-state index contributed by atoms with van der Waals surface area (Å²) in [6.07, 6.45) is 1.47. The van der Waals surface area contributed by atoms with E-state index < -0.39 is 0 Å². The van der Waals surface area contributed by atoms with Gasteiger partial charge in [0.1, 0.15) is 12.1 Å². The Morgan fingerprint density at radius 1 is 1.11 bits per heavy atom. The van der Waals surface area contributed by atoms with Crippen LogP contribution in [0.1, 0.15) is 27.9 Å². The average molecular weight is 254 g/mol. The zero-order valence-electron chi connectivity index (χ0n) is 11.7. The third-order valence-electron chi connectivity index (χ3n) is 3.31. The molecule has 2 rings (SSSR count). The summed E-state index contributed by atoms with van der Waals surface area (Å²) in [6, 6.07) is 6.26. The van der Waals surface area contributed by atoms with Gasteiger partial charge in [0, 0.05) is 12.6 Å². The minimum absolute atomic E-state index is 0.464. The fraction of sp³-hybridized carbons (Fsp3) is 0.267. The molecule has 0 aliphatic heterocycles.